The number of nitrogens with zero attached hydrogens (tertiary/aromatic N) is 1. The number of hydrogen-bond donors (Lipinski definition) is 1. The highest BCUT2D eigenvalue weighted by Crippen LogP contribution is 2.20. The Morgan fingerprint density at radius 1 is 1.53 bits per heavy atom. The highest BCUT2D eigenvalue weighted by Gasteiger charge is 2.17. The lowest BCUT2D eigenvalue weighted by Crippen LogP contribution is -2.19. The van der Waals surface area contributed by atoms with E-state index in [1.165, 1.54) is 12.1 Å². The minimum Gasteiger partial charge on any atom is -0.448 e. The highest BCUT2D eigenvalue weighted by molar-refractivity contribution is 9.10. The summed E-state index contributed by atoms with van der Waals surface area (Å²) in [6, 6.07) is 2.65. The highest BCUT2D eigenvalue weighted by atomic mass is 79.9. The van der Waals surface area contributed by atoms with Crippen molar-refractivity contribution in [2.75, 3.05) is 6.61 Å². The van der Waals surface area contributed by atoms with Gasteiger partial charge in [0.2, 0.25) is 0 Å². The summed E-state index contributed by atoms with van der Waals surface area (Å²) in [7, 11) is 0. The van der Waals surface area contributed by atoms with Crippen LogP contribution >= 0.6 is 15.9 Å². The van der Waals surface area contributed by atoms with Crippen molar-refractivity contribution in [2.24, 2.45) is 5.92 Å². The molecule has 0 bridgehead atoms. The Bertz CT molecular complexity index is 690. The molecule has 0 amide bonds. The van der Waals surface area contributed by atoms with Crippen LogP contribution in [0.5, 0.6) is 0 Å². The van der Waals surface area contributed by atoms with Crippen LogP contribution in [-0.4, -0.2) is 22.5 Å². The molecule has 2 rings (SSSR count). The topological polar surface area (TPSA) is 64.1 Å². The summed E-state index contributed by atoms with van der Waals surface area (Å²) in [6.45, 7) is 4.00. The van der Waals surface area contributed by atoms with E-state index in [2.05, 4.69) is 21.0 Å². The number of nitrogens with one attached hydrogen (secondary N) is 1. The van der Waals surface area contributed by atoms with Gasteiger partial charge in [-0.25, -0.2) is 9.18 Å². The lowest BCUT2D eigenvalue weighted by molar-refractivity contribution is 0.132. The van der Waals surface area contributed by atoms with Gasteiger partial charge in [0.15, 0.2) is 0 Å². The van der Waals surface area contributed by atoms with E-state index in [-0.39, 0.29) is 23.4 Å². The molecule has 0 aliphatic heterocycles. The Morgan fingerprint density at radius 3 is 2.84 bits per heavy atom. The van der Waals surface area contributed by atoms with Crippen LogP contribution in [0.15, 0.2) is 21.4 Å². The third-order valence-corrected chi connectivity index (χ3v) is 2.90. The van der Waals surface area contributed by atoms with E-state index in [1.54, 1.807) is 0 Å². The molecule has 2 aromatic rings. The zero-order chi connectivity index (χ0) is 14.2. The number of rotatable bonds is 2. The predicted octanol–water partition coefficient (Wildman–Crippen LogP) is 2.87. The second-order valence-electron chi connectivity index (χ2n) is 4.53. The summed E-state index contributed by atoms with van der Waals surface area (Å²) in [5.41, 5.74) is -0.521. The van der Waals surface area contributed by atoms with Crippen LogP contribution < -0.4 is 5.56 Å². The van der Waals surface area contributed by atoms with E-state index in [0.29, 0.717) is 4.47 Å². The van der Waals surface area contributed by atoms with Gasteiger partial charge in [-0.3, -0.25) is 9.89 Å². The lowest BCUT2D eigenvalue weighted by atomic mass is 10.2. The van der Waals surface area contributed by atoms with Gasteiger partial charge in [-0.2, -0.15) is 4.68 Å². The lowest BCUT2D eigenvalue weighted by Gasteiger charge is -2.07. The Hall–Kier alpha value is -1.63. The normalized spacial score (nSPS) is 11.2. The second kappa shape index (κ2) is 5.16. The number of ether oxygens (including phenoxy) is 1. The molecule has 19 heavy (non-hydrogen) atoms. The van der Waals surface area contributed by atoms with Gasteiger partial charge in [-0.1, -0.05) is 29.8 Å². The molecule has 0 aliphatic carbocycles. The number of aromatic amines is 1. The molecule has 0 spiro atoms. The maximum atomic E-state index is 13.7. The molecule has 0 saturated carbocycles. The molecule has 1 N–H and O–H groups in total. The van der Waals surface area contributed by atoms with Crippen LogP contribution in [0.3, 0.4) is 0 Å². The maximum Gasteiger partial charge on any atom is 0.433 e. The van der Waals surface area contributed by atoms with Gasteiger partial charge in [-0.15, -0.1) is 0 Å². The van der Waals surface area contributed by atoms with E-state index in [9.17, 15) is 14.0 Å². The van der Waals surface area contributed by atoms with E-state index >= 15 is 0 Å². The Balaban J connectivity index is 2.50. The molecule has 7 heteroatoms. The standard InChI is InChI=1S/C12H12BrFN2O3/c1-6(2)5-19-12(18)16-9-4-7(13)3-8(14)10(9)11(17)15-16/h3-4,6H,5H2,1-2H3,(H,15,17). The van der Waals surface area contributed by atoms with Crippen molar-refractivity contribution in [3.63, 3.8) is 0 Å². The zero-order valence-corrected chi connectivity index (χ0v) is 12.0. The molecular formula is C12H12BrFN2O3. The quantitative estimate of drug-likeness (QED) is 0.920. The monoisotopic (exact) mass is 330 g/mol. The third-order valence-electron chi connectivity index (χ3n) is 2.44. The summed E-state index contributed by atoms with van der Waals surface area (Å²) in [5, 5.41) is 2.11. The summed E-state index contributed by atoms with van der Waals surface area (Å²) in [4.78, 5) is 23.5. The van der Waals surface area contributed by atoms with Gasteiger partial charge in [0.05, 0.1) is 12.1 Å². The molecule has 0 fully saturated rings. The second-order valence-corrected chi connectivity index (χ2v) is 5.44. The van der Waals surface area contributed by atoms with Gasteiger partial charge in [0.25, 0.3) is 5.56 Å². The van der Waals surface area contributed by atoms with Crippen LogP contribution in [0.4, 0.5) is 9.18 Å². The molecule has 0 atom stereocenters. The van der Waals surface area contributed by atoms with E-state index in [1.807, 2.05) is 13.8 Å². The van der Waals surface area contributed by atoms with Crippen LogP contribution in [0.1, 0.15) is 13.8 Å². The Kier molecular flexibility index (Phi) is 3.75. The first kappa shape index (κ1) is 13.8. The van der Waals surface area contributed by atoms with Gasteiger partial charge < -0.3 is 4.74 Å². The fourth-order valence-corrected chi connectivity index (χ4v) is 2.04. The number of halogens is 2. The molecular weight excluding hydrogens is 319 g/mol. The molecule has 5 nitrogen and oxygen atoms in total. The maximum absolute atomic E-state index is 13.7. The number of H-pyrrole nitrogens is 1. The summed E-state index contributed by atoms with van der Waals surface area (Å²) < 4.78 is 20.0. The van der Waals surface area contributed by atoms with Gasteiger partial charge >= 0.3 is 6.09 Å². The van der Waals surface area contributed by atoms with Crippen molar-refractivity contribution < 1.29 is 13.9 Å². The number of benzene rings is 1. The van der Waals surface area contributed by atoms with E-state index in [0.717, 1.165) is 4.68 Å². The predicted molar refractivity (Wildman–Crippen MR) is 71.8 cm³/mol. The average molecular weight is 331 g/mol. The summed E-state index contributed by atoms with van der Waals surface area (Å²) in [6.07, 6.45) is -0.738. The molecule has 102 valence electrons. The minimum absolute atomic E-state index is 0.144. The number of hydrogen-bond acceptors (Lipinski definition) is 3. The number of fused-ring (bicyclic) bond motifs is 1. The number of aromatic nitrogens is 2. The first-order chi connectivity index (χ1) is 8.90. The fourth-order valence-electron chi connectivity index (χ4n) is 1.63. The van der Waals surface area contributed by atoms with Crippen LogP contribution in [0, 0.1) is 11.7 Å². The third kappa shape index (κ3) is 2.70. The smallest absolute Gasteiger partial charge is 0.433 e. The van der Waals surface area contributed by atoms with Crippen LogP contribution in [0.2, 0.25) is 0 Å². The van der Waals surface area contributed by atoms with Crippen molar-refractivity contribution in [1.82, 2.24) is 9.78 Å². The van der Waals surface area contributed by atoms with E-state index in [4.69, 9.17) is 4.74 Å². The van der Waals surface area contributed by atoms with Crippen molar-refractivity contribution in [3.05, 3.63) is 32.8 Å². The molecule has 1 heterocycles. The number of carbonyl (C=O) groups excluding carboxylic acids is 1. The first-order valence-electron chi connectivity index (χ1n) is 5.67. The van der Waals surface area contributed by atoms with Crippen LogP contribution in [0.25, 0.3) is 10.9 Å². The van der Waals surface area contributed by atoms with Crippen molar-refractivity contribution in [3.8, 4) is 0 Å². The molecule has 1 aromatic heterocycles. The van der Waals surface area contributed by atoms with Crippen molar-refractivity contribution in [2.45, 2.75) is 13.8 Å². The summed E-state index contributed by atoms with van der Waals surface area (Å²) in [5.74, 6) is -0.526. The molecule has 0 saturated heterocycles. The first-order valence-corrected chi connectivity index (χ1v) is 6.46. The molecule has 0 radical (unpaired) electrons. The van der Waals surface area contributed by atoms with Crippen molar-refractivity contribution >= 4 is 32.9 Å². The SMILES string of the molecule is CC(C)COC(=O)n1[nH]c(=O)c2c(F)cc(Br)cc21. The molecule has 0 aliphatic rings. The molecule has 0 unspecified atom stereocenters. The van der Waals surface area contributed by atoms with E-state index < -0.39 is 17.5 Å². The Morgan fingerprint density at radius 2 is 2.21 bits per heavy atom. The van der Waals surface area contributed by atoms with Crippen LogP contribution in [-0.2, 0) is 4.74 Å². The van der Waals surface area contributed by atoms with Crippen molar-refractivity contribution in [1.29, 1.82) is 0 Å². The zero-order valence-electron chi connectivity index (χ0n) is 10.4. The summed E-state index contributed by atoms with van der Waals surface area (Å²) >= 11 is 3.12. The van der Waals surface area contributed by atoms with Gasteiger partial charge in [0.1, 0.15) is 11.2 Å². The fraction of sp³-hybridized carbons (Fsp3) is 0.333. The van der Waals surface area contributed by atoms with Gasteiger partial charge in [-0.05, 0) is 18.1 Å². The minimum atomic E-state index is -0.738. The largest absolute Gasteiger partial charge is 0.448 e. The number of carbonyl (C=O) groups is 1. The Labute approximate surface area is 116 Å². The molecule has 1 aromatic carbocycles. The average Bonchev–Trinajstić information content (AvgIpc) is 2.63. The van der Waals surface area contributed by atoms with Gasteiger partial charge in [0, 0.05) is 4.47 Å².